The van der Waals surface area contributed by atoms with Crippen molar-refractivity contribution in [1.29, 1.82) is 0 Å². The monoisotopic (exact) mass is 311 g/mol. The molecule has 0 aliphatic carbocycles. The topological polar surface area (TPSA) is 47.8 Å². The van der Waals surface area contributed by atoms with Crippen LogP contribution >= 0.6 is 15.9 Å². The summed E-state index contributed by atoms with van der Waals surface area (Å²) < 4.78 is 15.8. The summed E-state index contributed by atoms with van der Waals surface area (Å²) in [6, 6.07) is 2.68. The highest BCUT2D eigenvalue weighted by atomic mass is 79.9. The van der Waals surface area contributed by atoms with Crippen LogP contribution in [0.15, 0.2) is 22.8 Å². The van der Waals surface area contributed by atoms with Crippen LogP contribution in [-0.4, -0.2) is 20.5 Å². The van der Waals surface area contributed by atoms with Crippen LogP contribution in [0.2, 0.25) is 0 Å². The third-order valence-electron chi connectivity index (χ3n) is 2.61. The summed E-state index contributed by atoms with van der Waals surface area (Å²) in [7, 11) is 1.75. The highest BCUT2D eigenvalue weighted by Gasteiger charge is 2.18. The molecule has 0 N–H and O–H groups in total. The van der Waals surface area contributed by atoms with Crippen LogP contribution < -0.4 is 0 Å². The van der Waals surface area contributed by atoms with Gasteiger partial charge in [-0.1, -0.05) is 0 Å². The fraction of sp³-hybridized carbons (Fsp3) is 0.250. The summed E-state index contributed by atoms with van der Waals surface area (Å²) >= 11 is 3.37. The number of rotatable bonds is 3. The van der Waals surface area contributed by atoms with Gasteiger partial charge in [0.15, 0.2) is 11.6 Å². The van der Waals surface area contributed by atoms with E-state index in [1.54, 1.807) is 11.7 Å². The van der Waals surface area contributed by atoms with Crippen LogP contribution in [0.1, 0.15) is 21.9 Å². The van der Waals surface area contributed by atoms with Gasteiger partial charge < -0.3 is 0 Å². The van der Waals surface area contributed by atoms with Crippen molar-refractivity contribution in [2.75, 3.05) is 0 Å². The highest BCUT2D eigenvalue weighted by Crippen LogP contribution is 2.21. The van der Waals surface area contributed by atoms with E-state index in [0.717, 1.165) is 10.2 Å². The number of hydrogen-bond donors (Lipinski definition) is 0. The normalized spacial score (nSPS) is 10.7. The third kappa shape index (κ3) is 2.33. The summed E-state index contributed by atoms with van der Waals surface area (Å²) in [4.78, 5) is 15.8. The van der Waals surface area contributed by atoms with Gasteiger partial charge in [0.2, 0.25) is 0 Å². The smallest absolute Gasteiger partial charge is 0.190 e. The highest BCUT2D eigenvalue weighted by molar-refractivity contribution is 9.10. The molecule has 0 aromatic carbocycles. The number of ketones is 1. The Hall–Kier alpha value is -1.56. The van der Waals surface area contributed by atoms with Crippen LogP contribution in [0.5, 0.6) is 0 Å². The molecule has 0 saturated heterocycles. The van der Waals surface area contributed by atoms with Gasteiger partial charge in [-0.3, -0.25) is 14.5 Å². The van der Waals surface area contributed by atoms with Crippen molar-refractivity contribution in [1.82, 2.24) is 14.8 Å². The zero-order valence-electron chi connectivity index (χ0n) is 9.94. The van der Waals surface area contributed by atoms with Crippen LogP contribution in [0.4, 0.5) is 4.39 Å². The maximum atomic E-state index is 13.4. The van der Waals surface area contributed by atoms with E-state index in [1.165, 1.54) is 18.3 Å². The first-order valence-electron chi connectivity index (χ1n) is 5.32. The van der Waals surface area contributed by atoms with E-state index >= 15 is 0 Å². The van der Waals surface area contributed by atoms with Crippen molar-refractivity contribution in [2.45, 2.75) is 13.3 Å². The third-order valence-corrected chi connectivity index (χ3v) is 3.64. The Morgan fingerprint density at radius 2 is 2.28 bits per heavy atom. The number of aryl methyl sites for hydroxylation is 2. The first-order chi connectivity index (χ1) is 8.50. The van der Waals surface area contributed by atoms with Crippen molar-refractivity contribution in [3.63, 3.8) is 0 Å². The summed E-state index contributed by atoms with van der Waals surface area (Å²) in [5, 5.41) is 4.18. The van der Waals surface area contributed by atoms with Crippen molar-refractivity contribution >= 4 is 21.7 Å². The number of Topliss-reactive ketones (excluding diaryl/α,β-unsaturated/α-hetero) is 1. The Morgan fingerprint density at radius 3 is 2.83 bits per heavy atom. The minimum atomic E-state index is -0.600. The second-order valence-corrected chi connectivity index (χ2v) is 4.70. The van der Waals surface area contributed by atoms with Gasteiger partial charge in [0, 0.05) is 13.2 Å². The molecule has 0 unspecified atom stereocenters. The maximum absolute atomic E-state index is 13.4. The molecule has 2 aromatic rings. The minimum absolute atomic E-state index is 0.0614. The van der Waals surface area contributed by atoms with Gasteiger partial charge in [0.25, 0.3) is 0 Å². The van der Waals surface area contributed by atoms with E-state index in [0.29, 0.717) is 5.69 Å². The summed E-state index contributed by atoms with van der Waals surface area (Å²) in [6.45, 7) is 1.83. The quantitative estimate of drug-likeness (QED) is 0.818. The van der Waals surface area contributed by atoms with E-state index in [9.17, 15) is 9.18 Å². The molecule has 0 fully saturated rings. The van der Waals surface area contributed by atoms with E-state index in [1.807, 2.05) is 6.92 Å². The van der Waals surface area contributed by atoms with Crippen LogP contribution in [-0.2, 0) is 13.5 Å². The van der Waals surface area contributed by atoms with E-state index < -0.39 is 5.82 Å². The average Bonchev–Trinajstić information content (AvgIpc) is 2.56. The number of pyridine rings is 1. The summed E-state index contributed by atoms with van der Waals surface area (Å²) in [6.07, 6.45) is 1.46. The molecule has 0 atom stereocenters. The van der Waals surface area contributed by atoms with Crippen molar-refractivity contribution in [3.8, 4) is 0 Å². The molecule has 0 aliphatic rings. The molecule has 2 rings (SSSR count). The molecular weight excluding hydrogens is 301 g/mol. The molecule has 0 radical (unpaired) electrons. The Labute approximate surface area is 112 Å². The maximum Gasteiger partial charge on any atom is 0.190 e. The number of carbonyl (C=O) groups excluding carboxylic acids is 1. The van der Waals surface area contributed by atoms with E-state index in [2.05, 4.69) is 26.0 Å². The molecule has 94 valence electrons. The lowest BCUT2D eigenvalue weighted by Crippen LogP contribution is -2.11. The van der Waals surface area contributed by atoms with Crippen molar-refractivity contribution in [2.24, 2.45) is 7.05 Å². The molecule has 0 spiro atoms. The molecular formula is C12H11BrFN3O. The van der Waals surface area contributed by atoms with Crippen LogP contribution in [0.3, 0.4) is 0 Å². The molecule has 4 nitrogen and oxygen atoms in total. The van der Waals surface area contributed by atoms with Crippen LogP contribution in [0.25, 0.3) is 0 Å². The van der Waals surface area contributed by atoms with Crippen LogP contribution in [0, 0.1) is 12.7 Å². The van der Waals surface area contributed by atoms with Gasteiger partial charge >= 0.3 is 0 Å². The molecule has 0 saturated carbocycles. The molecule has 0 amide bonds. The predicted molar refractivity (Wildman–Crippen MR) is 67.9 cm³/mol. The lowest BCUT2D eigenvalue weighted by atomic mass is 10.1. The number of aromatic nitrogens is 3. The second kappa shape index (κ2) is 4.97. The first-order valence-corrected chi connectivity index (χ1v) is 6.11. The van der Waals surface area contributed by atoms with E-state index in [-0.39, 0.29) is 17.9 Å². The molecule has 2 heterocycles. The largest absolute Gasteiger partial charge is 0.292 e. The zero-order valence-corrected chi connectivity index (χ0v) is 11.5. The van der Waals surface area contributed by atoms with Gasteiger partial charge in [0.05, 0.1) is 22.3 Å². The molecule has 18 heavy (non-hydrogen) atoms. The summed E-state index contributed by atoms with van der Waals surface area (Å²) in [5.41, 5.74) is 1.37. The predicted octanol–water partition coefficient (Wildman–Crippen LogP) is 2.45. The minimum Gasteiger partial charge on any atom is -0.292 e. The average molecular weight is 312 g/mol. The van der Waals surface area contributed by atoms with Gasteiger partial charge in [-0.15, -0.1) is 0 Å². The molecule has 6 heteroatoms. The number of hydrogen-bond acceptors (Lipinski definition) is 3. The fourth-order valence-electron chi connectivity index (χ4n) is 1.70. The first kappa shape index (κ1) is 12.9. The molecule has 0 bridgehead atoms. The fourth-order valence-corrected chi connectivity index (χ4v) is 2.17. The van der Waals surface area contributed by atoms with Gasteiger partial charge in [0.1, 0.15) is 5.69 Å². The Morgan fingerprint density at radius 1 is 1.56 bits per heavy atom. The zero-order chi connectivity index (χ0) is 13.3. The Kier molecular flexibility index (Phi) is 3.56. The molecule has 0 aliphatic heterocycles. The number of carbonyl (C=O) groups is 1. The Bertz CT molecular complexity index is 609. The van der Waals surface area contributed by atoms with Gasteiger partial charge in [-0.2, -0.15) is 5.10 Å². The lowest BCUT2D eigenvalue weighted by molar-refractivity contribution is 0.0981. The molecule has 2 aromatic heterocycles. The lowest BCUT2D eigenvalue weighted by Gasteiger charge is -2.03. The number of nitrogens with zero attached hydrogens (tertiary/aromatic N) is 3. The summed E-state index contributed by atoms with van der Waals surface area (Å²) in [5.74, 6) is -0.964. The van der Waals surface area contributed by atoms with E-state index in [4.69, 9.17) is 0 Å². The number of halogens is 2. The Balaban J connectivity index is 2.30. The SMILES string of the molecule is Cc1nn(C)c(CC(=O)c2ncccc2F)c1Br. The second-order valence-electron chi connectivity index (χ2n) is 3.90. The van der Waals surface area contributed by atoms with Crippen molar-refractivity contribution < 1.29 is 9.18 Å². The van der Waals surface area contributed by atoms with Gasteiger partial charge in [-0.25, -0.2) is 4.39 Å². The standard InChI is InChI=1S/C12H11BrFN3O/c1-7-11(13)9(17(2)16-7)6-10(18)12-8(14)4-3-5-15-12/h3-5H,6H2,1-2H3. The van der Waals surface area contributed by atoms with Crippen molar-refractivity contribution in [3.05, 3.63) is 45.7 Å². The van der Waals surface area contributed by atoms with Gasteiger partial charge in [-0.05, 0) is 35.0 Å².